The molecule has 0 aliphatic carbocycles. The van der Waals surface area contributed by atoms with Crippen LogP contribution in [0.2, 0.25) is 15.2 Å². The second-order valence-electron chi connectivity index (χ2n) is 27.2. The van der Waals surface area contributed by atoms with Gasteiger partial charge in [-0.1, -0.05) is 132 Å². The summed E-state index contributed by atoms with van der Waals surface area (Å²) >= 11 is 18.3. The summed E-state index contributed by atoms with van der Waals surface area (Å²) in [5, 5.41) is 32.9. The molecule has 6 aromatic carbocycles. The lowest BCUT2D eigenvalue weighted by Crippen LogP contribution is -2.41. The molecule has 0 unspecified atom stereocenters. The zero-order chi connectivity index (χ0) is 77.8. The topological polar surface area (TPSA) is 299 Å². The highest BCUT2D eigenvalue weighted by Gasteiger charge is 2.52. The Hall–Kier alpha value is -12.6. The molecule has 0 radical (unpaired) electrons. The van der Waals surface area contributed by atoms with Gasteiger partial charge in [0.15, 0.2) is 16.8 Å². The number of nitrogens with one attached hydrogen (secondary N) is 2. The minimum absolute atomic E-state index is 0.0889. The smallest absolute Gasteiger partial charge is 0.399 e. The van der Waals surface area contributed by atoms with Gasteiger partial charge in [-0.2, -0.15) is 25.5 Å². The number of halogens is 3. The zero-order valence-corrected chi connectivity index (χ0v) is 63.9. The van der Waals surface area contributed by atoms with Crippen molar-refractivity contribution in [1.82, 2.24) is 92.0 Å². The predicted molar refractivity (Wildman–Crippen MR) is 434 cm³/mol. The van der Waals surface area contributed by atoms with Crippen molar-refractivity contribution in [2.24, 2.45) is 19.8 Å². The van der Waals surface area contributed by atoms with Crippen molar-refractivity contribution < 1.29 is 9.31 Å². The quantitative estimate of drug-likeness (QED) is 0.0957. The van der Waals surface area contributed by atoms with Crippen molar-refractivity contribution in [3.63, 3.8) is 0 Å². The number of aryl methyl sites for hydroxylation is 2. The number of nitrogens with two attached hydrogens (primary N) is 1. The molecule has 0 saturated carbocycles. The minimum Gasteiger partial charge on any atom is -0.399 e. The van der Waals surface area contributed by atoms with E-state index in [1.807, 2.05) is 221 Å². The average molecular weight is 1540 g/mol. The first kappa shape index (κ1) is 75.3. The molecule has 4 N–H and O–H groups in total. The molecule has 27 nitrogen and oxygen atoms in total. The molecule has 3 atom stereocenters. The van der Waals surface area contributed by atoms with Crippen molar-refractivity contribution >= 4 is 108 Å². The molecule has 17 aromatic rings. The highest BCUT2D eigenvalue weighted by molar-refractivity contribution is 6.62. The number of aromatic nitrogens is 19. The Morgan fingerprint density at radius 3 is 1.28 bits per heavy atom. The Kier molecular flexibility index (Phi) is 21.7. The largest absolute Gasteiger partial charge is 0.498 e. The summed E-state index contributed by atoms with van der Waals surface area (Å²) in [4.78, 5) is 65.2. The molecular formula is C80H74BCl3N22O5. The monoisotopic (exact) mass is 1540 g/mol. The van der Waals surface area contributed by atoms with Gasteiger partial charge in [0.1, 0.15) is 54.5 Å². The van der Waals surface area contributed by atoms with E-state index in [0.29, 0.717) is 43.0 Å². The summed E-state index contributed by atoms with van der Waals surface area (Å²) in [6.45, 7) is 14.0. The minimum atomic E-state index is -0.302. The molecule has 11 aromatic heterocycles. The fraction of sp³-hybridized carbons (Fsp3) is 0.175. The number of rotatable bonds is 12. The molecule has 1 fully saturated rings. The third kappa shape index (κ3) is 15.6. The molecule has 1 aliphatic heterocycles. The van der Waals surface area contributed by atoms with E-state index in [9.17, 15) is 14.4 Å². The van der Waals surface area contributed by atoms with E-state index in [-0.39, 0.29) is 53.1 Å². The van der Waals surface area contributed by atoms with E-state index in [0.717, 1.165) is 83.4 Å². The third-order valence-corrected chi connectivity index (χ3v) is 20.0. The molecule has 111 heavy (non-hydrogen) atoms. The van der Waals surface area contributed by atoms with Crippen molar-refractivity contribution in [3.05, 3.63) is 308 Å². The van der Waals surface area contributed by atoms with Crippen molar-refractivity contribution in [2.45, 2.75) is 77.8 Å². The predicted octanol–water partition coefficient (Wildman–Crippen LogP) is 13.4. The Morgan fingerprint density at radius 2 is 0.847 bits per heavy atom. The van der Waals surface area contributed by atoms with Crippen molar-refractivity contribution in [3.8, 4) is 28.2 Å². The van der Waals surface area contributed by atoms with Crippen LogP contribution >= 0.6 is 34.8 Å². The second kappa shape index (κ2) is 31.9. The summed E-state index contributed by atoms with van der Waals surface area (Å²) < 4.78 is 25.2. The van der Waals surface area contributed by atoms with E-state index in [1.165, 1.54) is 19.0 Å². The first-order chi connectivity index (χ1) is 53.5. The standard InChI is InChI=1S/C26H22N8O.C22H17ClN6O.C17H15ClN2O.C10H17BN2O2.C5H3ClN4/c1-17(31-25-23-13-27-16-33(23)30-15-28-25)22-11-18-7-6-10-21(19-12-29-32(2)14-19)24(18)26(35)34(22)20-8-4-3-5-9-20;1-14(27-21-19-11-24-13-28(19)26-12-25-21)18-10-15-6-5-9-17(23)20(15)22(30)29(18)16-7-3-2-4-8-16;1-11(19)15-10-12-6-5-9-14(18)16(12)17(21)20(15)13-7-3-2-4-8-13;1-9(2)10(3,4)15-11(14-9)8-6-12-13(5)7-8;6-5-4-1-7-3-10(4)9-2-8-5/h3-17H,1-2H3,(H,28,30,31);2-14H,1H3,(H,25,26,27);2-11H,19H2,1H3;6-7H,1-5H3;1-3H/t17-;14-;11-;;/m000../s1. The van der Waals surface area contributed by atoms with Crippen LogP contribution in [0.1, 0.15) is 83.7 Å². The van der Waals surface area contributed by atoms with Crippen LogP contribution in [0.4, 0.5) is 11.6 Å². The van der Waals surface area contributed by atoms with Crippen LogP contribution in [0.15, 0.2) is 260 Å². The normalized spacial score (nSPS) is 13.7. The Bertz CT molecular complexity index is 6390. The van der Waals surface area contributed by atoms with Gasteiger partial charge in [0.05, 0.1) is 74.3 Å². The average Bonchev–Trinajstić information content (AvgIpc) is 1.44. The van der Waals surface area contributed by atoms with Gasteiger partial charge in [-0.15, -0.1) is 0 Å². The lowest BCUT2D eigenvalue weighted by molar-refractivity contribution is 0.00578. The molecule has 18 rings (SSSR count). The van der Waals surface area contributed by atoms with Crippen LogP contribution in [0.25, 0.3) is 77.1 Å². The van der Waals surface area contributed by atoms with Crippen LogP contribution in [-0.2, 0) is 23.4 Å². The lowest BCUT2D eigenvalue weighted by Gasteiger charge is -2.32. The highest BCUT2D eigenvalue weighted by atomic mass is 35.5. The van der Waals surface area contributed by atoms with Crippen LogP contribution in [0.3, 0.4) is 0 Å². The molecule has 12 heterocycles. The summed E-state index contributed by atoms with van der Waals surface area (Å²) in [7, 11) is 3.45. The van der Waals surface area contributed by atoms with Crippen LogP contribution < -0.4 is 38.5 Å². The molecule has 1 aliphatic rings. The van der Waals surface area contributed by atoms with Crippen molar-refractivity contribution in [1.29, 1.82) is 0 Å². The Morgan fingerprint density at radius 1 is 0.450 bits per heavy atom. The molecule has 558 valence electrons. The molecule has 0 spiro atoms. The first-order valence-corrected chi connectivity index (χ1v) is 36.4. The maximum atomic E-state index is 14.1. The number of nitrogens with zero attached hydrogens (tertiary/aromatic N) is 19. The van der Waals surface area contributed by atoms with E-state index < -0.39 is 0 Å². The molecular weight excluding hydrogens is 1470 g/mol. The summed E-state index contributed by atoms with van der Waals surface area (Å²) in [5.41, 5.74) is 14.8. The summed E-state index contributed by atoms with van der Waals surface area (Å²) in [6.07, 6.45) is 21.6. The van der Waals surface area contributed by atoms with Gasteiger partial charge in [-0.25, -0.2) is 43.5 Å². The molecule has 0 amide bonds. The number of hydrogen-bond acceptors (Lipinski definition) is 19. The van der Waals surface area contributed by atoms with Gasteiger partial charge in [0.25, 0.3) is 16.7 Å². The van der Waals surface area contributed by atoms with Crippen LogP contribution in [0, 0.1) is 0 Å². The zero-order valence-electron chi connectivity index (χ0n) is 61.7. The maximum absolute atomic E-state index is 14.1. The van der Waals surface area contributed by atoms with E-state index in [1.54, 1.807) is 98.7 Å². The van der Waals surface area contributed by atoms with E-state index in [2.05, 4.69) is 72.1 Å². The molecule has 1 saturated heterocycles. The number of pyridine rings is 3. The van der Waals surface area contributed by atoms with Gasteiger partial charge in [0, 0.05) is 83.9 Å². The number of anilines is 2. The van der Waals surface area contributed by atoms with Crippen LogP contribution in [0.5, 0.6) is 0 Å². The summed E-state index contributed by atoms with van der Waals surface area (Å²) in [6, 6.07) is 50.7. The van der Waals surface area contributed by atoms with Gasteiger partial charge in [-0.3, -0.25) is 37.4 Å². The summed E-state index contributed by atoms with van der Waals surface area (Å²) in [5.74, 6) is 1.27. The number of hydrogen-bond donors (Lipinski definition) is 3. The van der Waals surface area contributed by atoms with Crippen molar-refractivity contribution in [2.75, 3.05) is 10.6 Å². The fourth-order valence-corrected chi connectivity index (χ4v) is 13.6. The number of benzene rings is 6. The SMILES string of the molecule is C[C@H](N)c1cc2cccc(Cl)c2c(=O)n1-c1ccccc1.C[C@H](Nc1ncnn2cncc12)c1cc2cccc(-c3cnn(C)c3)c2c(=O)n1-c1ccccc1.C[C@H](Nc1ncnn2cncc12)c1cc2cccc(Cl)c2c(=O)n1-c1ccccc1.Clc1ncnn2cncc12.Cn1cc(B2OC(C)(C)C(C)(C)O2)cn1. The Labute approximate surface area is 650 Å². The highest BCUT2D eigenvalue weighted by Crippen LogP contribution is 2.37. The van der Waals surface area contributed by atoms with E-state index >= 15 is 0 Å². The van der Waals surface area contributed by atoms with E-state index in [4.69, 9.17) is 49.8 Å². The second-order valence-corrected chi connectivity index (χ2v) is 28.4. The van der Waals surface area contributed by atoms with Gasteiger partial charge >= 0.3 is 7.12 Å². The van der Waals surface area contributed by atoms with Gasteiger partial charge in [0.2, 0.25) is 0 Å². The number of imidazole rings is 3. The molecule has 31 heteroatoms. The lowest BCUT2D eigenvalue weighted by atomic mass is 9.82. The maximum Gasteiger partial charge on any atom is 0.498 e. The van der Waals surface area contributed by atoms with Gasteiger partial charge < -0.3 is 25.7 Å². The number of para-hydroxylation sites is 3. The van der Waals surface area contributed by atoms with Crippen LogP contribution in [-0.4, -0.2) is 110 Å². The number of fused-ring (bicyclic) bond motifs is 6. The Balaban J connectivity index is 0.000000122. The first-order valence-electron chi connectivity index (χ1n) is 35.2. The fourth-order valence-electron chi connectivity index (χ4n) is 12.9. The molecule has 0 bridgehead atoms. The van der Waals surface area contributed by atoms with Gasteiger partial charge in [-0.05, 0) is 137 Å². The third-order valence-electron chi connectivity index (χ3n) is 19.1.